The van der Waals surface area contributed by atoms with Gasteiger partial charge in [-0.1, -0.05) is 25.7 Å². The van der Waals surface area contributed by atoms with Crippen LogP contribution in [0.4, 0.5) is 4.79 Å². The molecule has 2 N–H and O–H groups in total. The molecule has 2 fully saturated rings. The van der Waals surface area contributed by atoms with Gasteiger partial charge in [0.15, 0.2) is 0 Å². The molecule has 2 aliphatic carbocycles. The van der Waals surface area contributed by atoms with Crippen LogP contribution < -0.4 is 10.6 Å². The minimum Gasteiger partial charge on any atom is -0.466 e. The van der Waals surface area contributed by atoms with Crippen molar-refractivity contribution in [1.29, 1.82) is 0 Å². The first-order valence-electron chi connectivity index (χ1n) is 11.7. The number of hydrogen-bond donors (Lipinski definition) is 2. The van der Waals surface area contributed by atoms with E-state index in [9.17, 15) is 19.2 Å². The molecule has 2 saturated carbocycles. The molecule has 8 nitrogen and oxygen atoms in total. The molecule has 0 aromatic heterocycles. The van der Waals surface area contributed by atoms with E-state index in [1.54, 1.807) is 6.92 Å². The van der Waals surface area contributed by atoms with Gasteiger partial charge in [-0.15, -0.1) is 0 Å². The van der Waals surface area contributed by atoms with E-state index in [0.717, 1.165) is 51.4 Å². The first kappa shape index (κ1) is 25.1. The van der Waals surface area contributed by atoms with Gasteiger partial charge in [0.25, 0.3) is 0 Å². The number of unbranched alkanes of at least 4 members (excludes halogenated alkanes) is 3. The highest BCUT2D eigenvalue weighted by Crippen LogP contribution is 2.52. The molecule has 0 aromatic rings. The van der Waals surface area contributed by atoms with Crippen LogP contribution in [0.3, 0.4) is 0 Å². The lowest BCUT2D eigenvalue weighted by atomic mass is 9.54. The lowest BCUT2D eigenvalue weighted by Crippen LogP contribution is -2.54. The Balaban J connectivity index is 1.84. The van der Waals surface area contributed by atoms with E-state index < -0.39 is 17.4 Å². The summed E-state index contributed by atoms with van der Waals surface area (Å²) in [5.41, 5.74) is -0.534. The van der Waals surface area contributed by atoms with Crippen LogP contribution in [0.25, 0.3) is 0 Å². The highest BCUT2D eigenvalue weighted by atomic mass is 16.5. The van der Waals surface area contributed by atoms with Crippen molar-refractivity contribution in [1.82, 2.24) is 10.6 Å². The zero-order chi connectivity index (χ0) is 22.7. The molecule has 2 aliphatic rings. The van der Waals surface area contributed by atoms with Crippen molar-refractivity contribution in [3.05, 3.63) is 0 Å². The van der Waals surface area contributed by atoms with Crippen LogP contribution in [-0.4, -0.2) is 50.6 Å². The van der Waals surface area contributed by atoms with E-state index in [0.29, 0.717) is 32.5 Å². The number of carbonyl (C=O) groups is 4. The second-order valence-electron chi connectivity index (χ2n) is 8.68. The Morgan fingerprint density at radius 2 is 1.74 bits per heavy atom. The number of methoxy groups -OCH3 is 1. The molecular formula is C23H38N2O6. The summed E-state index contributed by atoms with van der Waals surface area (Å²) in [5.74, 6) is -0.670. The smallest absolute Gasteiger partial charge is 0.406 e. The Bertz CT molecular complexity index is 638. The van der Waals surface area contributed by atoms with Gasteiger partial charge >= 0.3 is 12.1 Å². The number of ether oxygens (including phenoxy) is 2. The normalized spacial score (nSPS) is 25.3. The first-order valence-corrected chi connectivity index (χ1v) is 11.7. The fourth-order valence-corrected chi connectivity index (χ4v) is 5.21. The second-order valence-corrected chi connectivity index (χ2v) is 8.68. The summed E-state index contributed by atoms with van der Waals surface area (Å²) in [5, 5.41) is 5.77. The zero-order valence-corrected chi connectivity index (χ0v) is 19.0. The maximum atomic E-state index is 13.3. The number of alkyl carbamates (subject to hydrolysis) is 1. The van der Waals surface area contributed by atoms with Gasteiger partial charge in [-0.25, -0.2) is 4.79 Å². The number of fused-ring (bicyclic) bond motifs is 1. The lowest BCUT2D eigenvalue weighted by molar-refractivity contribution is -0.156. The van der Waals surface area contributed by atoms with Gasteiger partial charge in [0, 0.05) is 25.4 Å². The van der Waals surface area contributed by atoms with Crippen LogP contribution in [0.2, 0.25) is 0 Å². The fraction of sp³-hybridized carbons (Fsp3) is 0.826. The predicted octanol–water partition coefficient (Wildman–Crippen LogP) is 3.13. The molecule has 2 rings (SSSR count). The predicted molar refractivity (Wildman–Crippen MR) is 115 cm³/mol. The van der Waals surface area contributed by atoms with Crippen LogP contribution in [0.15, 0.2) is 0 Å². The highest BCUT2D eigenvalue weighted by molar-refractivity contribution is 5.91. The SMILES string of the molecule is CCOC(=O)C[C@H]1C(=O)CC[C@@]2(C(=O)NCCCCCCNC(=O)OC)CCCCC12. The molecule has 2 amide bonds. The van der Waals surface area contributed by atoms with E-state index in [-0.39, 0.29) is 30.0 Å². The molecule has 3 atom stereocenters. The van der Waals surface area contributed by atoms with Crippen molar-refractivity contribution in [2.75, 3.05) is 26.8 Å². The average Bonchev–Trinajstić information content (AvgIpc) is 2.77. The molecule has 31 heavy (non-hydrogen) atoms. The summed E-state index contributed by atoms with van der Waals surface area (Å²) < 4.78 is 9.61. The molecule has 0 heterocycles. The standard InChI is InChI=1S/C23H38N2O6/c1-3-31-20(27)16-17-18-10-6-7-12-23(18,13-11-19(17)26)21(28)24-14-8-4-5-9-15-25-22(29)30-2/h17-18H,3-16H2,1-2H3,(H,24,28)(H,25,29)/t17-,18?,23+/m1/s1. The van der Waals surface area contributed by atoms with E-state index in [1.165, 1.54) is 7.11 Å². The summed E-state index contributed by atoms with van der Waals surface area (Å²) in [6, 6.07) is 0. The first-order chi connectivity index (χ1) is 14.9. The molecule has 8 heteroatoms. The van der Waals surface area contributed by atoms with E-state index >= 15 is 0 Å². The topological polar surface area (TPSA) is 111 Å². The van der Waals surface area contributed by atoms with Gasteiger partial charge in [-0.05, 0) is 44.9 Å². The largest absolute Gasteiger partial charge is 0.466 e. The summed E-state index contributed by atoms with van der Waals surface area (Å²) in [4.78, 5) is 49.0. The van der Waals surface area contributed by atoms with Gasteiger partial charge in [0.1, 0.15) is 5.78 Å². The van der Waals surface area contributed by atoms with E-state index in [4.69, 9.17) is 4.74 Å². The minimum atomic E-state index is -0.534. The van der Waals surface area contributed by atoms with Crippen LogP contribution in [0, 0.1) is 17.3 Å². The molecular weight excluding hydrogens is 400 g/mol. The van der Waals surface area contributed by atoms with Crippen LogP contribution in [0.1, 0.15) is 77.6 Å². The zero-order valence-electron chi connectivity index (χ0n) is 19.0. The molecule has 0 bridgehead atoms. The van der Waals surface area contributed by atoms with Gasteiger partial charge in [-0.2, -0.15) is 0 Å². The van der Waals surface area contributed by atoms with Crippen LogP contribution >= 0.6 is 0 Å². The van der Waals surface area contributed by atoms with Crippen molar-refractivity contribution >= 4 is 23.8 Å². The van der Waals surface area contributed by atoms with Crippen molar-refractivity contribution in [3.63, 3.8) is 0 Å². The Morgan fingerprint density at radius 1 is 1.03 bits per heavy atom. The number of hydrogen-bond acceptors (Lipinski definition) is 6. The fourth-order valence-electron chi connectivity index (χ4n) is 5.21. The molecule has 0 aliphatic heterocycles. The number of carbonyl (C=O) groups excluding carboxylic acids is 4. The lowest BCUT2D eigenvalue weighted by Gasteiger charge is -2.49. The molecule has 0 saturated heterocycles. The third kappa shape index (κ3) is 6.94. The van der Waals surface area contributed by atoms with Crippen molar-refractivity contribution in [2.24, 2.45) is 17.3 Å². The number of esters is 1. The number of rotatable bonds is 11. The average molecular weight is 439 g/mol. The second kappa shape index (κ2) is 12.7. The number of nitrogens with one attached hydrogen (secondary N) is 2. The third-order valence-electron chi connectivity index (χ3n) is 6.80. The van der Waals surface area contributed by atoms with E-state index in [1.807, 2.05) is 0 Å². The maximum Gasteiger partial charge on any atom is 0.406 e. The summed E-state index contributed by atoms with van der Waals surface area (Å²) in [7, 11) is 1.34. The highest BCUT2D eigenvalue weighted by Gasteiger charge is 2.54. The van der Waals surface area contributed by atoms with Crippen molar-refractivity contribution in [2.45, 2.75) is 77.6 Å². The summed E-state index contributed by atoms with van der Waals surface area (Å²) in [6.07, 6.45) is 7.86. The Kier molecular flexibility index (Phi) is 10.3. The summed E-state index contributed by atoms with van der Waals surface area (Å²) in [6.45, 7) is 3.25. The maximum absolute atomic E-state index is 13.3. The van der Waals surface area contributed by atoms with Gasteiger partial charge in [0.2, 0.25) is 5.91 Å². The number of Topliss-reactive ketones (excluding diaryl/α,β-unsaturated/α-hetero) is 1. The number of amides is 2. The van der Waals surface area contributed by atoms with E-state index in [2.05, 4.69) is 15.4 Å². The molecule has 0 radical (unpaired) electrons. The third-order valence-corrected chi connectivity index (χ3v) is 6.80. The molecule has 176 valence electrons. The van der Waals surface area contributed by atoms with Gasteiger partial charge < -0.3 is 20.1 Å². The summed E-state index contributed by atoms with van der Waals surface area (Å²) >= 11 is 0. The minimum absolute atomic E-state index is 0.0471. The number of ketones is 1. The molecule has 1 unspecified atom stereocenters. The molecule has 0 spiro atoms. The van der Waals surface area contributed by atoms with Crippen molar-refractivity contribution in [3.8, 4) is 0 Å². The Hall–Kier alpha value is -2.12. The van der Waals surface area contributed by atoms with Crippen LogP contribution in [0.5, 0.6) is 0 Å². The van der Waals surface area contributed by atoms with Crippen molar-refractivity contribution < 1.29 is 28.7 Å². The Labute approximate surface area is 185 Å². The Morgan fingerprint density at radius 3 is 2.42 bits per heavy atom. The monoisotopic (exact) mass is 438 g/mol. The van der Waals surface area contributed by atoms with Crippen LogP contribution in [-0.2, 0) is 23.9 Å². The van der Waals surface area contributed by atoms with Gasteiger partial charge in [-0.3, -0.25) is 14.4 Å². The molecule has 0 aromatic carbocycles. The quantitative estimate of drug-likeness (QED) is 0.379. The van der Waals surface area contributed by atoms with Gasteiger partial charge in [0.05, 0.1) is 25.6 Å².